The van der Waals surface area contributed by atoms with Gasteiger partial charge in [-0.2, -0.15) is 0 Å². The third-order valence-corrected chi connectivity index (χ3v) is 7.76. The van der Waals surface area contributed by atoms with E-state index in [2.05, 4.69) is 90.6 Å². The van der Waals surface area contributed by atoms with Crippen molar-refractivity contribution >= 4 is 145 Å². The molecular formula is C18H23B10Cl. The maximum atomic E-state index is 6.54. The van der Waals surface area contributed by atoms with Crippen molar-refractivity contribution < 1.29 is 0 Å². The smallest absolute Gasteiger partial charge is 0.102 e. The van der Waals surface area contributed by atoms with Crippen molar-refractivity contribution in [3.8, 4) is 22.3 Å². The molecule has 0 aromatic heterocycles. The highest BCUT2D eigenvalue weighted by atomic mass is 35.5. The summed E-state index contributed by atoms with van der Waals surface area (Å²) < 4.78 is 0. The van der Waals surface area contributed by atoms with E-state index < -0.39 is 0 Å². The van der Waals surface area contributed by atoms with Crippen molar-refractivity contribution in [3.63, 3.8) is 0 Å². The maximum Gasteiger partial charge on any atom is 0.139 e. The Labute approximate surface area is 189 Å². The molecule has 0 amide bonds. The Bertz CT molecular complexity index is 1110. The average molecular weight is 383 g/mol. The zero-order chi connectivity index (χ0) is 21.8. The largest absolute Gasteiger partial charge is 0.139 e. The fourth-order valence-electron chi connectivity index (χ4n) is 4.75. The normalized spacial score (nSPS) is 10.9. The minimum absolute atomic E-state index is 0.786. The fraction of sp³-hybridized carbons (Fsp3) is 0. The summed E-state index contributed by atoms with van der Waals surface area (Å²) in [6, 6.07) is 6.40. The molecule has 3 rings (SSSR count). The minimum Gasteiger partial charge on any atom is -0.102 e. The Balaban J connectivity index is 2.50. The van der Waals surface area contributed by atoms with Gasteiger partial charge in [0.1, 0.15) is 78.5 Å². The second-order valence-corrected chi connectivity index (χ2v) is 9.13. The number of rotatable bonds is 2. The lowest BCUT2D eigenvalue weighted by Crippen LogP contribution is -2.56. The number of hydrogen-bond donors (Lipinski definition) is 0. The summed E-state index contributed by atoms with van der Waals surface area (Å²) >= 11 is 6.54. The molecule has 0 spiro atoms. The highest BCUT2D eigenvalue weighted by Gasteiger charge is 2.20. The molecule has 0 aliphatic heterocycles. The summed E-state index contributed by atoms with van der Waals surface area (Å²) in [6.45, 7) is 0. The fourth-order valence-corrected chi connectivity index (χ4v) is 4.92. The van der Waals surface area contributed by atoms with Gasteiger partial charge in [0, 0.05) is 5.02 Å². The highest BCUT2D eigenvalue weighted by molar-refractivity contribution is 6.70. The van der Waals surface area contributed by atoms with Gasteiger partial charge in [0.25, 0.3) is 0 Å². The third-order valence-electron chi connectivity index (χ3n) is 7.52. The van der Waals surface area contributed by atoms with E-state index in [4.69, 9.17) is 11.6 Å². The van der Waals surface area contributed by atoms with E-state index in [1.807, 2.05) is 6.07 Å². The number of halogens is 1. The first-order valence-corrected chi connectivity index (χ1v) is 10.8. The van der Waals surface area contributed by atoms with Gasteiger partial charge in [-0.25, -0.2) is 0 Å². The van der Waals surface area contributed by atoms with Crippen LogP contribution in [0.3, 0.4) is 0 Å². The molecule has 0 unspecified atom stereocenters. The van der Waals surface area contributed by atoms with Crippen LogP contribution < -0.4 is 54.6 Å². The van der Waals surface area contributed by atoms with Crippen LogP contribution in [0.4, 0.5) is 0 Å². The van der Waals surface area contributed by atoms with E-state index in [9.17, 15) is 0 Å². The Morgan fingerprint density at radius 2 is 0.724 bits per heavy atom. The first kappa shape index (κ1) is 22.3. The summed E-state index contributed by atoms with van der Waals surface area (Å²) in [5.74, 6) is 0. The van der Waals surface area contributed by atoms with Crippen LogP contribution in [0.25, 0.3) is 22.3 Å². The van der Waals surface area contributed by atoms with Crippen molar-refractivity contribution in [1.29, 1.82) is 0 Å². The molecule has 0 saturated carbocycles. The first-order valence-electron chi connectivity index (χ1n) is 10.4. The van der Waals surface area contributed by atoms with Gasteiger partial charge in [-0.3, -0.25) is 0 Å². The molecule has 0 N–H and O–H groups in total. The molecule has 0 heterocycles. The summed E-state index contributed by atoms with van der Waals surface area (Å²) in [5, 5.41) is 0.786. The molecule has 0 atom stereocenters. The molecule has 0 fully saturated rings. The van der Waals surface area contributed by atoms with Gasteiger partial charge in [0.2, 0.25) is 0 Å². The molecule has 3 aromatic rings. The lowest BCUT2D eigenvalue weighted by atomic mass is 9.58. The highest BCUT2D eigenvalue weighted by Crippen LogP contribution is 2.30. The molecule has 0 aliphatic rings. The zero-order valence-electron chi connectivity index (χ0n) is 19.6. The van der Waals surface area contributed by atoms with Crippen LogP contribution in [-0.2, 0) is 0 Å². The number of hydrogen-bond acceptors (Lipinski definition) is 0. The van der Waals surface area contributed by atoms with Crippen LogP contribution >= 0.6 is 11.6 Å². The van der Waals surface area contributed by atoms with Crippen LogP contribution in [0.15, 0.2) is 18.2 Å². The lowest BCUT2D eigenvalue weighted by Gasteiger charge is -2.26. The van der Waals surface area contributed by atoms with Crippen LogP contribution in [0.1, 0.15) is 0 Å². The Morgan fingerprint density at radius 1 is 0.414 bits per heavy atom. The van der Waals surface area contributed by atoms with E-state index >= 15 is 0 Å². The van der Waals surface area contributed by atoms with Gasteiger partial charge in [0.15, 0.2) is 0 Å². The van der Waals surface area contributed by atoms with Gasteiger partial charge in [0.05, 0.1) is 0 Å². The van der Waals surface area contributed by atoms with E-state index in [-0.39, 0.29) is 0 Å². The average Bonchev–Trinajstić information content (AvgIpc) is 2.69. The van der Waals surface area contributed by atoms with Crippen molar-refractivity contribution in [1.82, 2.24) is 0 Å². The third kappa shape index (κ3) is 3.52. The summed E-state index contributed by atoms with van der Waals surface area (Å²) in [5.41, 5.74) is 18.9. The van der Waals surface area contributed by atoms with Crippen LogP contribution in [0.2, 0.25) is 5.02 Å². The molecule has 0 nitrogen and oxygen atoms in total. The molecule has 0 bridgehead atoms. The predicted molar refractivity (Wildman–Crippen MR) is 164 cm³/mol. The summed E-state index contributed by atoms with van der Waals surface area (Å²) in [4.78, 5) is 0. The predicted octanol–water partition coefficient (Wildman–Crippen LogP) is -11.7. The standard InChI is InChI=1S/C18H23B10Cl/c19-9-7(10(20)14(24)17(27)13(9)23)5-2-1-4(29)3-6(5)8-11(21)15(25)18(28)16(26)12(8)22/h1-3H,19-28H2. The van der Waals surface area contributed by atoms with Crippen LogP contribution in [0, 0.1) is 0 Å². The lowest BCUT2D eigenvalue weighted by molar-refractivity contribution is 1.67. The quantitative estimate of drug-likeness (QED) is 0.386. The van der Waals surface area contributed by atoms with Gasteiger partial charge in [-0.1, -0.05) is 39.5 Å². The molecule has 3 aromatic carbocycles. The van der Waals surface area contributed by atoms with E-state index in [1.165, 1.54) is 76.9 Å². The Kier molecular flexibility index (Phi) is 6.17. The monoisotopic (exact) mass is 384 g/mol. The molecule has 0 aliphatic carbocycles. The van der Waals surface area contributed by atoms with Crippen LogP contribution in [-0.4, -0.2) is 78.5 Å². The topological polar surface area (TPSA) is 0 Å². The van der Waals surface area contributed by atoms with Gasteiger partial charge in [-0.05, 0) is 34.4 Å². The Morgan fingerprint density at radius 3 is 1.10 bits per heavy atom. The Hall–Kier alpha value is -1.40. The second-order valence-electron chi connectivity index (χ2n) is 8.69. The van der Waals surface area contributed by atoms with Gasteiger partial charge in [-0.15, -0.1) is 32.8 Å². The second kappa shape index (κ2) is 8.03. The molecule has 29 heavy (non-hydrogen) atoms. The summed E-state index contributed by atoms with van der Waals surface area (Å²) in [7, 11) is 22.4. The minimum atomic E-state index is 0.786. The molecule has 11 heteroatoms. The number of benzene rings is 3. The van der Waals surface area contributed by atoms with E-state index in [0.29, 0.717) is 0 Å². The van der Waals surface area contributed by atoms with Gasteiger partial charge < -0.3 is 0 Å². The van der Waals surface area contributed by atoms with Gasteiger partial charge >= 0.3 is 0 Å². The van der Waals surface area contributed by atoms with Crippen LogP contribution in [0.5, 0.6) is 0 Å². The zero-order valence-corrected chi connectivity index (χ0v) is 20.4. The first-order chi connectivity index (χ1) is 13.5. The van der Waals surface area contributed by atoms with Crippen molar-refractivity contribution in [3.05, 3.63) is 23.2 Å². The van der Waals surface area contributed by atoms with E-state index in [0.717, 1.165) is 5.02 Å². The van der Waals surface area contributed by atoms with Crippen molar-refractivity contribution in [2.45, 2.75) is 0 Å². The van der Waals surface area contributed by atoms with Crippen molar-refractivity contribution in [2.75, 3.05) is 0 Å². The molecular weight excluding hydrogens is 360 g/mol. The van der Waals surface area contributed by atoms with Crippen molar-refractivity contribution in [2.24, 2.45) is 0 Å². The molecule has 0 radical (unpaired) electrons. The summed E-state index contributed by atoms with van der Waals surface area (Å²) in [6.07, 6.45) is 0. The van der Waals surface area contributed by atoms with E-state index in [1.54, 1.807) is 0 Å². The maximum absolute atomic E-state index is 6.54. The molecule has 0 saturated heterocycles. The molecule has 132 valence electrons. The SMILES string of the molecule is Bc1c(B)c(B)c(-c2ccc(Cl)cc2-c2c(B)c(B)c(B)c(B)c2B)c(B)c1B.